The molecular weight excluding hydrogens is 461 g/mol. The van der Waals surface area contributed by atoms with E-state index in [2.05, 4.69) is 25.3 Å². The fourth-order valence-electron chi connectivity index (χ4n) is 2.92. The van der Waals surface area contributed by atoms with Gasteiger partial charge in [0.25, 0.3) is 5.91 Å². The summed E-state index contributed by atoms with van der Waals surface area (Å²) in [5, 5.41) is 6.50. The summed E-state index contributed by atoms with van der Waals surface area (Å²) in [7, 11) is -3.36. The number of aromatic nitrogens is 2. The van der Waals surface area contributed by atoms with Gasteiger partial charge in [-0.25, -0.2) is 22.8 Å². The predicted octanol–water partition coefficient (Wildman–Crippen LogP) is 3.38. The lowest BCUT2D eigenvalue weighted by Gasteiger charge is -2.16. The normalized spacial score (nSPS) is 15.0. The molecule has 2 aromatic rings. The Bertz CT molecular complexity index is 1150. The summed E-state index contributed by atoms with van der Waals surface area (Å²) in [6.45, 7) is -1.76. The van der Waals surface area contributed by atoms with E-state index in [1.165, 1.54) is 24.4 Å². The highest BCUT2D eigenvalue weighted by Gasteiger charge is 2.28. The summed E-state index contributed by atoms with van der Waals surface area (Å²) in [5.41, 5.74) is 0.171. The van der Waals surface area contributed by atoms with Crippen molar-refractivity contribution in [2.24, 2.45) is 0 Å². The summed E-state index contributed by atoms with van der Waals surface area (Å²) >= 11 is 0. The first-order valence-corrected chi connectivity index (χ1v) is 12.0. The molecule has 2 N–H and O–H groups in total. The molecule has 178 valence electrons. The Hall–Kier alpha value is -3.15. The predicted molar refractivity (Wildman–Crippen MR) is 115 cm³/mol. The number of alkyl halides is 2. The molecule has 3 rings (SSSR count). The summed E-state index contributed by atoms with van der Waals surface area (Å²) in [6, 6.07) is 3.15. The lowest BCUT2D eigenvalue weighted by atomic mass is 10.2. The highest BCUT2D eigenvalue weighted by molar-refractivity contribution is 7.93. The Balaban J connectivity index is 1.83. The third kappa shape index (κ3) is 7.17. The summed E-state index contributed by atoms with van der Waals surface area (Å²) in [5.74, 6) is -1.28. The Kier molecular flexibility index (Phi) is 7.57. The van der Waals surface area contributed by atoms with Gasteiger partial charge < -0.3 is 15.4 Å². The number of nitrogens with zero attached hydrogens (tertiary/aromatic N) is 2. The number of anilines is 1. The van der Waals surface area contributed by atoms with Gasteiger partial charge in [-0.1, -0.05) is 18.2 Å². The largest absolute Gasteiger partial charge is 0.431 e. The Morgan fingerprint density at radius 1 is 1.33 bits per heavy atom. The Labute approximate surface area is 189 Å². The summed E-state index contributed by atoms with van der Waals surface area (Å²) in [6.07, 6.45) is 5.51. The minimum atomic E-state index is -3.36. The molecule has 1 heterocycles. The van der Waals surface area contributed by atoms with E-state index in [0.717, 1.165) is 30.6 Å². The molecule has 8 nitrogen and oxygen atoms in total. The molecule has 12 heteroatoms. The monoisotopic (exact) mass is 484 g/mol. The topological polar surface area (TPSA) is 110 Å². The third-order valence-electron chi connectivity index (χ3n) is 4.67. The minimum Gasteiger partial charge on any atom is -0.431 e. The van der Waals surface area contributed by atoms with Crippen molar-refractivity contribution < 1.29 is 31.1 Å². The highest BCUT2D eigenvalue weighted by atomic mass is 32.2. The van der Waals surface area contributed by atoms with Crippen molar-refractivity contribution in [3.63, 3.8) is 0 Å². The lowest BCUT2D eigenvalue weighted by Crippen LogP contribution is -2.32. The van der Waals surface area contributed by atoms with Crippen molar-refractivity contribution in [1.29, 1.82) is 0 Å². The molecule has 33 heavy (non-hydrogen) atoms. The van der Waals surface area contributed by atoms with Crippen LogP contribution in [0.3, 0.4) is 0 Å². The van der Waals surface area contributed by atoms with Gasteiger partial charge in [0, 0.05) is 41.9 Å². The van der Waals surface area contributed by atoms with E-state index in [0.29, 0.717) is 5.82 Å². The summed E-state index contributed by atoms with van der Waals surface area (Å²) in [4.78, 5) is 21.4. The quantitative estimate of drug-likeness (QED) is 0.532. The van der Waals surface area contributed by atoms with Crippen LogP contribution in [0.4, 0.5) is 19.0 Å². The zero-order chi connectivity index (χ0) is 24.2. The molecular formula is C21H23F3N4O4S. The van der Waals surface area contributed by atoms with Crippen LogP contribution in [0, 0.1) is 5.82 Å². The number of carbonyl (C=O) groups is 1. The average molecular weight is 485 g/mol. The fourth-order valence-corrected chi connectivity index (χ4v) is 3.44. The standard InChI is InChI=1S/C21H23F3N4O4S/c1-12(8-9-33(2,30)31)27-20(29)15-11-26-18(13-6-7-13)28-19(15)25-10-14-4-3-5-16(22)17(14)32-21(23)24/h3-5,8-9,11-13,21H,6-7,10H2,1-2H3,(H,27,29)(H,25,26,28)/b9-8+/t12-/m0/s1. The van der Waals surface area contributed by atoms with E-state index in [1.54, 1.807) is 6.92 Å². The van der Waals surface area contributed by atoms with Gasteiger partial charge in [0.15, 0.2) is 21.4 Å². The number of carbonyl (C=O) groups excluding carboxylic acids is 1. The van der Waals surface area contributed by atoms with Crippen LogP contribution in [0.25, 0.3) is 0 Å². The zero-order valence-corrected chi connectivity index (χ0v) is 18.7. The number of amides is 1. The van der Waals surface area contributed by atoms with Crippen molar-refractivity contribution in [3.8, 4) is 5.75 Å². The highest BCUT2D eigenvalue weighted by Crippen LogP contribution is 2.38. The van der Waals surface area contributed by atoms with E-state index in [4.69, 9.17) is 0 Å². The molecule has 0 spiro atoms. The molecule has 1 aromatic heterocycles. The number of hydrogen-bond acceptors (Lipinski definition) is 7. The average Bonchev–Trinajstić information content (AvgIpc) is 3.57. The van der Waals surface area contributed by atoms with Crippen molar-refractivity contribution in [2.45, 2.75) is 44.9 Å². The van der Waals surface area contributed by atoms with Gasteiger partial charge in [-0.2, -0.15) is 8.78 Å². The Morgan fingerprint density at radius 2 is 2.06 bits per heavy atom. The zero-order valence-electron chi connectivity index (χ0n) is 17.9. The molecule has 1 amide bonds. The summed E-state index contributed by atoms with van der Waals surface area (Å²) < 4.78 is 66.2. The third-order valence-corrected chi connectivity index (χ3v) is 5.32. The van der Waals surface area contributed by atoms with Gasteiger partial charge in [0.1, 0.15) is 17.2 Å². The number of para-hydroxylation sites is 1. The molecule has 1 fully saturated rings. The number of ether oxygens (including phenoxy) is 1. The number of benzene rings is 1. The van der Waals surface area contributed by atoms with E-state index in [9.17, 15) is 26.4 Å². The van der Waals surface area contributed by atoms with E-state index < -0.39 is 40.0 Å². The number of nitrogens with one attached hydrogen (secondary N) is 2. The maximum Gasteiger partial charge on any atom is 0.387 e. The number of hydrogen-bond donors (Lipinski definition) is 2. The molecule has 1 aliphatic rings. The maximum atomic E-state index is 14.0. The van der Waals surface area contributed by atoms with E-state index in [1.807, 2.05) is 0 Å². The second-order valence-corrected chi connectivity index (χ2v) is 9.58. The maximum absolute atomic E-state index is 14.0. The van der Waals surface area contributed by atoms with Crippen LogP contribution >= 0.6 is 0 Å². The van der Waals surface area contributed by atoms with Crippen molar-refractivity contribution in [2.75, 3.05) is 11.6 Å². The molecule has 0 bridgehead atoms. The van der Waals surface area contributed by atoms with Gasteiger partial charge in [0.2, 0.25) is 0 Å². The molecule has 1 atom stereocenters. The molecule has 0 radical (unpaired) electrons. The first-order chi connectivity index (χ1) is 15.5. The molecule has 0 saturated heterocycles. The van der Waals surface area contributed by atoms with Crippen LogP contribution in [0.15, 0.2) is 35.9 Å². The van der Waals surface area contributed by atoms with Crippen LogP contribution in [-0.2, 0) is 16.4 Å². The minimum absolute atomic E-state index is 0.0618. The number of rotatable bonds is 10. The van der Waals surface area contributed by atoms with Crippen LogP contribution < -0.4 is 15.4 Å². The number of sulfone groups is 1. The van der Waals surface area contributed by atoms with Crippen LogP contribution in [0.5, 0.6) is 5.75 Å². The first-order valence-electron chi connectivity index (χ1n) is 10.1. The van der Waals surface area contributed by atoms with Gasteiger partial charge >= 0.3 is 6.61 Å². The van der Waals surface area contributed by atoms with Crippen LogP contribution in [-0.4, -0.2) is 43.2 Å². The van der Waals surface area contributed by atoms with Gasteiger partial charge in [-0.15, -0.1) is 0 Å². The van der Waals surface area contributed by atoms with Crippen molar-refractivity contribution in [3.05, 3.63) is 58.6 Å². The Morgan fingerprint density at radius 3 is 2.70 bits per heavy atom. The smallest absolute Gasteiger partial charge is 0.387 e. The first kappa shape index (κ1) is 24.5. The van der Waals surface area contributed by atoms with E-state index >= 15 is 0 Å². The molecule has 0 unspecified atom stereocenters. The fraction of sp³-hybridized carbons (Fsp3) is 0.381. The number of halogens is 3. The lowest BCUT2D eigenvalue weighted by molar-refractivity contribution is -0.0527. The van der Waals surface area contributed by atoms with E-state index in [-0.39, 0.29) is 29.4 Å². The van der Waals surface area contributed by atoms with Crippen molar-refractivity contribution in [1.82, 2.24) is 15.3 Å². The van der Waals surface area contributed by atoms with Crippen molar-refractivity contribution >= 4 is 21.6 Å². The molecule has 1 aliphatic carbocycles. The second-order valence-electron chi connectivity index (χ2n) is 7.65. The van der Waals surface area contributed by atoms with Gasteiger partial charge in [0.05, 0.1) is 0 Å². The second kappa shape index (κ2) is 10.2. The van der Waals surface area contributed by atoms with Crippen LogP contribution in [0.1, 0.15) is 47.4 Å². The van der Waals surface area contributed by atoms with Gasteiger partial charge in [-0.3, -0.25) is 4.79 Å². The van der Waals surface area contributed by atoms with Gasteiger partial charge in [-0.05, 0) is 25.8 Å². The molecule has 0 aliphatic heterocycles. The van der Waals surface area contributed by atoms with Crippen LogP contribution in [0.2, 0.25) is 0 Å². The molecule has 1 saturated carbocycles. The molecule has 1 aromatic carbocycles. The SMILES string of the molecule is C[C@@H](/C=C/S(C)(=O)=O)NC(=O)c1cnc(C2CC2)nc1NCc1cccc(F)c1OC(F)F.